The summed E-state index contributed by atoms with van der Waals surface area (Å²) < 4.78 is 25.3. The number of hydrogen-bond donors (Lipinski definition) is 2. The Bertz CT molecular complexity index is 258. The zero-order valence-corrected chi connectivity index (χ0v) is 9.73. The predicted molar refractivity (Wildman–Crippen MR) is 57.7 cm³/mol. The van der Waals surface area contributed by atoms with Crippen LogP contribution >= 0.6 is 0 Å². The van der Waals surface area contributed by atoms with E-state index in [2.05, 4.69) is 10.0 Å². The molecule has 1 aliphatic carbocycles. The van der Waals surface area contributed by atoms with Crippen molar-refractivity contribution in [3.8, 4) is 0 Å². The van der Waals surface area contributed by atoms with Gasteiger partial charge < -0.3 is 5.32 Å². The van der Waals surface area contributed by atoms with E-state index >= 15 is 0 Å². The topological polar surface area (TPSA) is 58.2 Å². The first-order chi connectivity index (χ1) is 6.49. The molecule has 0 atom stereocenters. The number of rotatable bonds is 7. The molecule has 0 heterocycles. The van der Waals surface area contributed by atoms with Crippen molar-refractivity contribution >= 4 is 10.0 Å². The fourth-order valence-electron chi connectivity index (χ4n) is 1.27. The SMILES string of the molecule is CC(C)NS(=O)(=O)CCCNC1CC1. The molecule has 2 N–H and O–H groups in total. The van der Waals surface area contributed by atoms with Crippen molar-refractivity contribution < 1.29 is 8.42 Å². The molecule has 0 aromatic carbocycles. The first-order valence-corrected chi connectivity index (χ1v) is 6.88. The molecule has 0 amide bonds. The van der Waals surface area contributed by atoms with Gasteiger partial charge in [0.25, 0.3) is 0 Å². The highest BCUT2D eigenvalue weighted by atomic mass is 32.2. The molecular formula is C9H20N2O2S. The maximum absolute atomic E-state index is 11.4. The van der Waals surface area contributed by atoms with Crippen molar-refractivity contribution in [2.45, 2.75) is 45.2 Å². The van der Waals surface area contributed by atoms with Gasteiger partial charge in [0.15, 0.2) is 0 Å². The van der Waals surface area contributed by atoms with E-state index in [4.69, 9.17) is 0 Å². The summed E-state index contributed by atoms with van der Waals surface area (Å²) in [5.41, 5.74) is 0. The molecule has 1 fully saturated rings. The lowest BCUT2D eigenvalue weighted by atomic mass is 10.4. The highest BCUT2D eigenvalue weighted by Crippen LogP contribution is 2.18. The molecule has 5 heteroatoms. The van der Waals surface area contributed by atoms with Crippen LogP contribution in [0.4, 0.5) is 0 Å². The number of sulfonamides is 1. The van der Waals surface area contributed by atoms with Crippen LogP contribution in [0.25, 0.3) is 0 Å². The Morgan fingerprint density at radius 3 is 2.50 bits per heavy atom. The lowest BCUT2D eigenvalue weighted by Crippen LogP contribution is -2.33. The van der Waals surface area contributed by atoms with E-state index in [1.54, 1.807) is 0 Å². The molecule has 0 radical (unpaired) electrons. The minimum atomic E-state index is -3.05. The van der Waals surface area contributed by atoms with E-state index in [9.17, 15) is 8.42 Å². The summed E-state index contributed by atoms with van der Waals surface area (Å²) in [4.78, 5) is 0. The van der Waals surface area contributed by atoms with E-state index < -0.39 is 10.0 Å². The Morgan fingerprint density at radius 2 is 2.00 bits per heavy atom. The van der Waals surface area contributed by atoms with E-state index in [-0.39, 0.29) is 11.8 Å². The molecule has 0 saturated heterocycles. The molecule has 84 valence electrons. The highest BCUT2D eigenvalue weighted by Gasteiger charge is 2.20. The molecule has 0 aromatic rings. The maximum atomic E-state index is 11.4. The van der Waals surface area contributed by atoms with Crippen LogP contribution in [0.15, 0.2) is 0 Å². The number of hydrogen-bond acceptors (Lipinski definition) is 3. The van der Waals surface area contributed by atoms with Gasteiger partial charge >= 0.3 is 0 Å². The average Bonchev–Trinajstić information content (AvgIpc) is 2.78. The molecule has 4 nitrogen and oxygen atoms in total. The number of nitrogens with one attached hydrogen (secondary N) is 2. The van der Waals surface area contributed by atoms with E-state index in [1.165, 1.54) is 12.8 Å². The second-order valence-corrected chi connectivity index (χ2v) is 6.05. The highest BCUT2D eigenvalue weighted by molar-refractivity contribution is 7.89. The van der Waals surface area contributed by atoms with E-state index in [0.717, 1.165) is 6.54 Å². The molecule has 0 spiro atoms. The second-order valence-electron chi connectivity index (χ2n) is 4.17. The van der Waals surface area contributed by atoms with Crippen LogP contribution in [0.2, 0.25) is 0 Å². The van der Waals surface area contributed by atoms with Crippen molar-refractivity contribution in [2.24, 2.45) is 0 Å². The molecule has 0 unspecified atom stereocenters. The van der Waals surface area contributed by atoms with Gasteiger partial charge in [0, 0.05) is 12.1 Å². The van der Waals surface area contributed by atoms with Gasteiger partial charge in [-0.3, -0.25) is 0 Å². The Balaban J connectivity index is 2.08. The van der Waals surface area contributed by atoms with Gasteiger partial charge in [-0.25, -0.2) is 13.1 Å². The van der Waals surface area contributed by atoms with Gasteiger partial charge in [-0.1, -0.05) is 0 Å². The molecule has 0 aliphatic heterocycles. The first kappa shape index (κ1) is 11.9. The quantitative estimate of drug-likeness (QED) is 0.613. The minimum absolute atomic E-state index is 0.00334. The summed E-state index contributed by atoms with van der Waals surface area (Å²) in [5, 5.41) is 3.29. The molecule has 1 rings (SSSR count). The van der Waals surface area contributed by atoms with Gasteiger partial charge in [0.1, 0.15) is 0 Å². The summed E-state index contributed by atoms with van der Waals surface area (Å²) >= 11 is 0. The Labute approximate surface area is 86.5 Å². The normalized spacial score (nSPS) is 17.6. The van der Waals surface area contributed by atoms with Gasteiger partial charge in [0.2, 0.25) is 10.0 Å². The van der Waals surface area contributed by atoms with Crippen molar-refractivity contribution in [1.29, 1.82) is 0 Å². The van der Waals surface area contributed by atoms with Gasteiger partial charge in [-0.15, -0.1) is 0 Å². The first-order valence-electron chi connectivity index (χ1n) is 5.23. The lowest BCUT2D eigenvalue weighted by Gasteiger charge is -2.09. The molecule has 14 heavy (non-hydrogen) atoms. The third-order valence-corrected chi connectivity index (χ3v) is 3.67. The zero-order valence-electron chi connectivity index (χ0n) is 8.91. The standard InChI is InChI=1S/C9H20N2O2S/c1-8(2)11-14(12,13)7-3-6-10-9-4-5-9/h8-11H,3-7H2,1-2H3. The van der Waals surface area contributed by atoms with Crippen molar-refractivity contribution in [2.75, 3.05) is 12.3 Å². The van der Waals surface area contributed by atoms with Crippen LogP contribution in [0.3, 0.4) is 0 Å². The van der Waals surface area contributed by atoms with Crippen molar-refractivity contribution in [3.63, 3.8) is 0 Å². The van der Waals surface area contributed by atoms with Crippen LogP contribution in [0, 0.1) is 0 Å². The van der Waals surface area contributed by atoms with Crippen LogP contribution in [0.5, 0.6) is 0 Å². The molecule has 1 saturated carbocycles. The van der Waals surface area contributed by atoms with E-state index in [1.807, 2.05) is 13.8 Å². The van der Waals surface area contributed by atoms with Crippen LogP contribution in [0.1, 0.15) is 33.1 Å². The predicted octanol–water partition coefficient (Wildman–Crippen LogP) is 0.456. The smallest absolute Gasteiger partial charge is 0.211 e. The fraction of sp³-hybridized carbons (Fsp3) is 1.00. The maximum Gasteiger partial charge on any atom is 0.211 e. The lowest BCUT2D eigenvalue weighted by molar-refractivity contribution is 0.563. The van der Waals surface area contributed by atoms with E-state index in [0.29, 0.717) is 12.5 Å². The van der Waals surface area contributed by atoms with Crippen molar-refractivity contribution in [1.82, 2.24) is 10.0 Å². The van der Waals surface area contributed by atoms with Gasteiger partial charge in [-0.05, 0) is 39.7 Å². The van der Waals surface area contributed by atoms with Crippen LogP contribution < -0.4 is 10.0 Å². The fourth-order valence-corrected chi connectivity index (χ4v) is 2.63. The minimum Gasteiger partial charge on any atom is -0.314 e. The second kappa shape index (κ2) is 5.09. The van der Waals surface area contributed by atoms with Crippen LogP contribution in [-0.2, 0) is 10.0 Å². The third-order valence-electron chi connectivity index (χ3n) is 2.02. The molecular weight excluding hydrogens is 200 g/mol. The van der Waals surface area contributed by atoms with Crippen LogP contribution in [-0.4, -0.2) is 32.8 Å². The average molecular weight is 220 g/mol. The summed E-state index contributed by atoms with van der Waals surface area (Å²) in [6.45, 7) is 4.48. The summed E-state index contributed by atoms with van der Waals surface area (Å²) in [5.74, 6) is 0.227. The summed E-state index contributed by atoms with van der Waals surface area (Å²) in [7, 11) is -3.05. The molecule has 1 aliphatic rings. The molecule has 0 bridgehead atoms. The van der Waals surface area contributed by atoms with Gasteiger partial charge in [-0.2, -0.15) is 0 Å². The van der Waals surface area contributed by atoms with Gasteiger partial charge in [0.05, 0.1) is 5.75 Å². The molecule has 0 aromatic heterocycles. The Hall–Kier alpha value is -0.130. The Morgan fingerprint density at radius 1 is 1.36 bits per heavy atom. The largest absolute Gasteiger partial charge is 0.314 e. The zero-order chi connectivity index (χ0) is 10.6. The monoisotopic (exact) mass is 220 g/mol. The summed E-state index contributed by atoms with van der Waals surface area (Å²) in [6, 6.07) is 0.659. The van der Waals surface area contributed by atoms with Crippen molar-refractivity contribution in [3.05, 3.63) is 0 Å². The third kappa shape index (κ3) is 5.57. The Kier molecular flexibility index (Phi) is 4.34. The summed E-state index contributed by atoms with van der Waals surface area (Å²) in [6.07, 6.45) is 3.19.